The third kappa shape index (κ3) is 4.69. The Kier molecular flexibility index (Phi) is 6.18. The van der Waals surface area contributed by atoms with Crippen LogP contribution in [0, 0.1) is 0 Å². The molecule has 3 heterocycles. The topological polar surface area (TPSA) is 73.2 Å². The van der Waals surface area contributed by atoms with Crippen LogP contribution in [0.3, 0.4) is 0 Å². The smallest absolute Gasteiger partial charge is 0.123 e. The maximum Gasteiger partial charge on any atom is 0.123 e. The number of phenolic OH excluding ortho intramolecular Hbond substituents is 1. The Morgan fingerprint density at radius 1 is 0.844 bits per heavy atom. The number of aromatic hydroxyl groups is 1. The van der Waals surface area contributed by atoms with Gasteiger partial charge in [-0.25, -0.2) is 0 Å². The highest BCUT2D eigenvalue weighted by molar-refractivity contribution is 5.85. The molecule has 0 atom stereocenters. The van der Waals surface area contributed by atoms with Crippen molar-refractivity contribution < 1.29 is 5.11 Å². The van der Waals surface area contributed by atoms with Gasteiger partial charge in [-0.05, 0) is 61.2 Å². The normalized spacial score (nSPS) is 15.5. The first kappa shape index (κ1) is 20.7. The van der Waals surface area contributed by atoms with E-state index in [-0.39, 0.29) is 0 Å². The second-order valence-corrected chi connectivity index (χ2v) is 8.58. The van der Waals surface area contributed by atoms with Gasteiger partial charge in [0.15, 0.2) is 0 Å². The zero-order valence-corrected chi connectivity index (χ0v) is 18.3. The van der Waals surface area contributed by atoms with Gasteiger partial charge in [-0.3, -0.25) is 4.57 Å². The number of aryl methyl sites for hydroxylation is 1. The van der Waals surface area contributed by atoms with Gasteiger partial charge >= 0.3 is 0 Å². The van der Waals surface area contributed by atoms with E-state index < -0.39 is 0 Å². The van der Waals surface area contributed by atoms with Crippen LogP contribution in [-0.2, 0) is 12.8 Å². The molecule has 1 aliphatic rings. The van der Waals surface area contributed by atoms with Gasteiger partial charge < -0.3 is 19.9 Å². The standard InChI is InChI=1S/C25H30N6O/c32-25-6-2-1-4-20(25)9-11-30-14-12-29(13-15-30)10-3-5-21-17-26-24-8-7-22(16-23(21)24)31-18-27-28-19-31/h1-2,4,6-8,16-19,26,32H,3,5,9-15H2. The van der Waals surface area contributed by atoms with Gasteiger partial charge in [-0.1, -0.05) is 18.2 Å². The summed E-state index contributed by atoms with van der Waals surface area (Å²) in [5.74, 6) is 0.414. The lowest BCUT2D eigenvalue weighted by atomic mass is 10.1. The summed E-state index contributed by atoms with van der Waals surface area (Å²) in [7, 11) is 0. The van der Waals surface area contributed by atoms with Crippen molar-refractivity contribution in [2.45, 2.75) is 19.3 Å². The largest absolute Gasteiger partial charge is 0.508 e. The van der Waals surface area contributed by atoms with Crippen LogP contribution < -0.4 is 0 Å². The second-order valence-electron chi connectivity index (χ2n) is 8.58. The minimum absolute atomic E-state index is 0.414. The van der Waals surface area contributed by atoms with E-state index in [0.29, 0.717) is 5.75 Å². The Balaban J connectivity index is 1.09. The minimum atomic E-state index is 0.414. The van der Waals surface area contributed by atoms with Gasteiger partial charge in [0.2, 0.25) is 0 Å². The Bertz CT molecular complexity index is 1140. The average molecular weight is 431 g/mol. The Hall–Kier alpha value is -3.16. The third-order valence-corrected chi connectivity index (χ3v) is 6.54. The molecule has 4 aromatic rings. The predicted molar refractivity (Wildman–Crippen MR) is 126 cm³/mol. The fourth-order valence-corrected chi connectivity index (χ4v) is 4.60. The van der Waals surface area contributed by atoms with Crippen LogP contribution in [0.5, 0.6) is 5.75 Å². The summed E-state index contributed by atoms with van der Waals surface area (Å²) >= 11 is 0. The van der Waals surface area contributed by atoms with Crippen molar-refractivity contribution in [2.24, 2.45) is 0 Å². The maximum absolute atomic E-state index is 9.95. The number of nitrogens with zero attached hydrogens (tertiary/aromatic N) is 5. The molecule has 0 saturated carbocycles. The molecule has 1 fully saturated rings. The molecule has 0 bridgehead atoms. The molecule has 2 aromatic carbocycles. The Morgan fingerprint density at radius 3 is 2.38 bits per heavy atom. The number of para-hydroxylation sites is 1. The SMILES string of the molecule is Oc1ccccc1CCN1CCN(CCCc2c[nH]c3ccc(-n4cnnc4)cc23)CC1. The van der Waals surface area contributed by atoms with Gasteiger partial charge in [-0.15, -0.1) is 10.2 Å². The van der Waals surface area contributed by atoms with Crippen molar-refractivity contribution in [3.05, 3.63) is 72.4 Å². The number of rotatable bonds is 8. The quantitative estimate of drug-likeness (QED) is 0.449. The summed E-state index contributed by atoms with van der Waals surface area (Å²) in [6.45, 7) is 6.57. The zero-order valence-electron chi connectivity index (χ0n) is 18.3. The molecule has 32 heavy (non-hydrogen) atoms. The lowest BCUT2D eigenvalue weighted by Crippen LogP contribution is -2.47. The molecule has 2 aromatic heterocycles. The summed E-state index contributed by atoms with van der Waals surface area (Å²) in [4.78, 5) is 8.49. The van der Waals surface area contributed by atoms with E-state index in [1.54, 1.807) is 18.7 Å². The molecule has 166 valence electrons. The monoisotopic (exact) mass is 430 g/mol. The van der Waals surface area contributed by atoms with Crippen molar-refractivity contribution in [1.29, 1.82) is 0 Å². The molecular weight excluding hydrogens is 400 g/mol. The highest BCUT2D eigenvalue weighted by atomic mass is 16.3. The van der Waals surface area contributed by atoms with E-state index in [0.717, 1.165) is 69.8 Å². The van der Waals surface area contributed by atoms with Gasteiger partial charge in [-0.2, -0.15) is 0 Å². The summed E-state index contributed by atoms with van der Waals surface area (Å²) < 4.78 is 1.94. The highest BCUT2D eigenvalue weighted by Crippen LogP contribution is 2.23. The number of hydrogen-bond donors (Lipinski definition) is 2. The summed E-state index contributed by atoms with van der Waals surface area (Å²) in [5.41, 5.74) is 4.68. The summed E-state index contributed by atoms with van der Waals surface area (Å²) in [6.07, 6.45) is 8.74. The molecule has 7 heteroatoms. The highest BCUT2D eigenvalue weighted by Gasteiger charge is 2.17. The van der Waals surface area contributed by atoms with Crippen molar-refractivity contribution in [2.75, 3.05) is 39.3 Å². The number of nitrogens with one attached hydrogen (secondary N) is 1. The second kappa shape index (κ2) is 9.54. The zero-order chi connectivity index (χ0) is 21.8. The number of aromatic amines is 1. The van der Waals surface area contributed by atoms with Crippen molar-refractivity contribution in [3.8, 4) is 11.4 Å². The molecule has 1 aliphatic heterocycles. The maximum atomic E-state index is 9.95. The molecule has 2 N–H and O–H groups in total. The van der Waals surface area contributed by atoms with Crippen LogP contribution in [0.1, 0.15) is 17.5 Å². The van der Waals surface area contributed by atoms with Gasteiger partial charge in [0.1, 0.15) is 18.4 Å². The first-order valence-corrected chi connectivity index (χ1v) is 11.4. The molecule has 0 unspecified atom stereocenters. The lowest BCUT2D eigenvalue weighted by Gasteiger charge is -2.34. The minimum Gasteiger partial charge on any atom is -0.508 e. The fraction of sp³-hybridized carbons (Fsp3) is 0.360. The van der Waals surface area contributed by atoms with Crippen LogP contribution in [0.15, 0.2) is 61.3 Å². The van der Waals surface area contributed by atoms with E-state index in [2.05, 4.69) is 49.4 Å². The van der Waals surface area contributed by atoms with Gasteiger partial charge in [0, 0.05) is 55.5 Å². The summed E-state index contributed by atoms with van der Waals surface area (Å²) in [5, 5.41) is 19.1. The number of phenols is 1. The Labute approximate surface area is 188 Å². The fourth-order valence-electron chi connectivity index (χ4n) is 4.60. The number of fused-ring (bicyclic) bond motifs is 1. The van der Waals surface area contributed by atoms with Crippen LogP contribution in [0.4, 0.5) is 0 Å². The van der Waals surface area contributed by atoms with Crippen LogP contribution in [0.2, 0.25) is 0 Å². The van der Waals surface area contributed by atoms with E-state index in [1.165, 1.54) is 16.5 Å². The summed E-state index contributed by atoms with van der Waals surface area (Å²) in [6, 6.07) is 14.1. The van der Waals surface area contributed by atoms with Crippen molar-refractivity contribution in [3.63, 3.8) is 0 Å². The molecule has 7 nitrogen and oxygen atoms in total. The molecule has 0 spiro atoms. The van der Waals surface area contributed by atoms with Gasteiger partial charge in [0.25, 0.3) is 0 Å². The number of H-pyrrole nitrogens is 1. The number of benzene rings is 2. The molecule has 0 aliphatic carbocycles. The van der Waals surface area contributed by atoms with Crippen molar-refractivity contribution in [1.82, 2.24) is 29.5 Å². The average Bonchev–Trinajstić information content (AvgIpc) is 3.50. The number of aromatic nitrogens is 4. The van der Waals surface area contributed by atoms with Crippen molar-refractivity contribution >= 4 is 10.9 Å². The number of piperazine rings is 1. The van der Waals surface area contributed by atoms with Crippen LogP contribution in [-0.4, -0.2) is 73.9 Å². The predicted octanol–water partition coefficient (Wildman–Crippen LogP) is 3.25. The van der Waals surface area contributed by atoms with Crippen LogP contribution in [0.25, 0.3) is 16.6 Å². The first-order chi connectivity index (χ1) is 15.8. The molecule has 0 amide bonds. The lowest BCUT2D eigenvalue weighted by molar-refractivity contribution is 0.132. The number of hydrogen-bond acceptors (Lipinski definition) is 5. The molecular formula is C25H30N6O. The van der Waals surface area contributed by atoms with E-state index in [4.69, 9.17) is 0 Å². The van der Waals surface area contributed by atoms with E-state index in [1.807, 2.05) is 22.8 Å². The van der Waals surface area contributed by atoms with Crippen LogP contribution >= 0.6 is 0 Å². The van der Waals surface area contributed by atoms with E-state index in [9.17, 15) is 5.11 Å². The molecule has 1 saturated heterocycles. The van der Waals surface area contributed by atoms with E-state index >= 15 is 0 Å². The molecule has 0 radical (unpaired) electrons. The third-order valence-electron chi connectivity index (χ3n) is 6.54. The van der Waals surface area contributed by atoms with Gasteiger partial charge in [0.05, 0.1) is 0 Å². The Morgan fingerprint density at radius 2 is 1.59 bits per heavy atom. The molecule has 5 rings (SSSR count). The first-order valence-electron chi connectivity index (χ1n) is 11.4.